The van der Waals surface area contributed by atoms with Gasteiger partial charge in [0.15, 0.2) is 6.10 Å². The topological polar surface area (TPSA) is 103 Å². The van der Waals surface area contributed by atoms with Crippen molar-refractivity contribution in [2.45, 2.75) is 20.0 Å². The number of carbonyl (C=O) groups is 2. The molecular weight excluding hydrogens is 356 g/mol. The fourth-order valence-electron chi connectivity index (χ4n) is 2.73. The van der Waals surface area contributed by atoms with E-state index in [4.69, 9.17) is 22.1 Å². The molecule has 1 unspecified atom stereocenters. The lowest BCUT2D eigenvalue weighted by atomic mass is 9.81. The summed E-state index contributed by atoms with van der Waals surface area (Å²) in [6.07, 6.45) is 2.07. The smallest absolute Gasteiger partial charge is 0.227 e. The molecule has 0 fully saturated rings. The molecule has 1 atom stereocenters. The molecule has 1 amide bonds. The number of phenols is 1. The molecule has 0 saturated carbocycles. The number of ketones is 1. The highest BCUT2D eigenvalue weighted by molar-refractivity contribution is 6.34. The lowest BCUT2D eigenvalue weighted by Gasteiger charge is -2.26. The van der Waals surface area contributed by atoms with Crippen LogP contribution in [0.1, 0.15) is 25.0 Å². The highest BCUT2D eigenvalue weighted by Crippen LogP contribution is 2.43. The molecule has 3 rings (SSSR count). The molecule has 26 heavy (non-hydrogen) atoms. The molecule has 6 nitrogen and oxygen atoms in total. The second-order valence-electron chi connectivity index (χ2n) is 6.55. The monoisotopic (exact) mass is 372 g/mol. The van der Waals surface area contributed by atoms with Crippen LogP contribution in [0.3, 0.4) is 0 Å². The van der Waals surface area contributed by atoms with Crippen molar-refractivity contribution in [2.75, 3.05) is 0 Å². The maximum absolute atomic E-state index is 13.1. The number of amides is 1. The van der Waals surface area contributed by atoms with E-state index in [9.17, 15) is 14.7 Å². The van der Waals surface area contributed by atoms with E-state index in [0.29, 0.717) is 16.9 Å². The van der Waals surface area contributed by atoms with Crippen LogP contribution in [0.4, 0.5) is 0 Å². The molecule has 0 aliphatic carbocycles. The molecule has 0 bridgehead atoms. The first-order chi connectivity index (χ1) is 12.2. The summed E-state index contributed by atoms with van der Waals surface area (Å²) in [4.78, 5) is 28.9. The third-order valence-electron chi connectivity index (χ3n) is 4.42. The average molecular weight is 373 g/mol. The standard InChI is InChI=1S/C19H17ClN2O4/c1-19(2,18(21)25)17-15(24)14(11-3-4-12(20)13(23)9-11)16(26-17)10-5-7-22-8-6-10/h3-9,17,23H,1-2H3,(H2,21,25). The molecule has 0 spiro atoms. The number of benzene rings is 1. The summed E-state index contributed by atoms with van der Waals surface area (Å²) in [5, 5.41) is 10.1. The van der Waals surface area contributed by atoms with Crippen molar-refractivity contribution in [3.63, 3.8) is 0 Å². The largest absolute Gasteiger partial charge is 0.506 e. The number of nitrogens with zero attached hydrogens (tertiary/aromatic N) is 1. The first-order valence-electron chi connectivity index (χ1n) is 7.88. The predicted octanol–water partition coefficient (Wildman–Crippen LogP) is 2.79. The molecular formula is C19H17ClN2O4. The number of primary amides is 1. The number of carbonyl (C=O) groups excluding carboxylic acids is 2. The minimum atomic E-state index is -1.22. The SMILES string of the molecule is CC(C)(C(N)=O)C1OC(c2ccncc2)=C(c2ccc(Cl)c(O)c2)C1=O. The van der Waals surface area contributed by atoms with Crippen LogP contribution in [-0.2, 0) is 14.3 Å². The zero-order chi connectivity index (χ0) is 19.1. The van der Waals surface area contributed by atoms with Gasteiger partial charge in [-0.3, -0.25) is 14.6 Å². The van der Waals surface area contributed by atoms with E-state index in [1.165, 1.54) is 12.1 Å². The number of halogens is 1. The normalized spacial score (nSPS) is 17.3. The maximum atomic E-state index is 13.1. The summed E-state index contributed by atoms with van der Waals surface area (Å²) < 4.78 is 5.91. The van der Waals surface area contributed by atoms with Crippen molar-refractivity contribution in [2.24, 2.45) is 11.1 Å². The van der Waals surface area contributed by atoms with Crippen molar-refractivity contribution in [3.05, 3.63) is 58.9 Å². The van der Waals surface area contributed by atoms with Gasteiger partial charge in [0.05, 0.1) is 16.0 Å². The number of pyridine rings is 1. The van der Waals surface area contributed by atoms with Gasteiger partial charge in [-0.25, -0.2) is 0 Å². The molecule has 2 aromatic rings. The van der Waals surface area contributed by atoms with Crippen molar-refractivity contribution in [1.82, 2.24) is 4.98 Å². The van der Waals surface area contributed by atoms with Crippen LogP contribution < -0.4 is 5.73 Å². The molecule has 2 heterocycles. The van der Waals surface area contributed by atoms with E-state index in [0.717, 1.165) is 0 Å². The zero-order valence-corrected chi connectivity index (χ0v) is 14.9. The summed E-state index contributed by atoms with van der Waals surface area (Å²) in [5.74, 6) is -0.887. The summed E-state index contributed by atoms with van der Waals surface area (Å²) in [6.45, 7) is 3.12. The molecule has 0 radical (unpaired) electrons. The second-order valence-corrected chi connectivity index (χ2v) is 6.96. The van der Waals surface area contributed by atoms with Crippen molar-refractivity contribution >= 4 is 34.6 Å². The van der Waals surface area contributed by atoms with E-state index in [1.807, 2.05) is 0 Å². The first-order valence-corrected chi connectivity index (χ1v) is 8.25. The van der Waals surface area contributed by atoms with E-state index in [1.54, 1.807) is 44.4 Å². The Morgan fingerprint density at radius 1 is 1.23 bits per heavy atom. The van der Waals surface area contributed by atoms with Crippen LogP contribution in [-0.4, -0.2) is 27.9 Å². The Labute approximate surface area is 155 Å². The van der Waals surface area contributed by atoms with Gasteiger partial charge in [0.25, 0.3) is 0 Å². The van der Waals surface area contributed by atoms with Gasteiger partial charge in [0, 0.05) is 18.0 Å². The molecule has 0 saturated heterocycles. The number of aromatic nitrogens is 1. The first kappa shape index (κ1) is 17.9. The van der Waals surface area contributed by atoms with Crippen molar-refractivity contribution < 1.29 is 19.4 Å². The van der Waals surface area contributed by atoms with E-state index >= 15 is 0 Å². The molecule has 7 heteroatoms. The van der Waals surface area contributed by atoms with Crippen LogP contribution in [0.25, 0.3) is 11.3 Å². The van der Waals surface area contributed by atoms with Gasteiger partial charge in [-0.05, 0) is 43.7 Å². The Hall–Kier alpha value is -2.86. The number of rotatable bonds is 4. The minimum Gasteiger partial charge on any atom is -0.506 e. The van der Waals surface area contributed by atoms with Crippen molar-refractivity contribution in [3.8, 4) is 5.75 Å². The lowest BCUT2D eigenvalue weighted by Crippen LogP contribution is -2.45. The van der Waals surface area contributed by atoms with Crippen molar-refractivity contribution in [1.29, 1.82) is 0 Å². The minimum absolute atomic E-state index is 0.156. The number of hydrogen-bond donors (Lipinski definition) is 2. The Bertz CT molecular complexity index is 922. The van der Waals surface area contributed by atoms with Gasteiger partial charge in [0.1, 0.15) is 11.5 Å². The summed E-state index contributed by atoms with van der Waals surface area (Å²) in [7, 11) is 0. The quantitative estimate of drug-likeness (QED) is 0.859. The zero-order valence-electron chi connectivity index (χ0n) is 14.2. The molecule has 1 aromatic carbocycles. The number of nitrogens with two attached hydrogens (primary N) is 1. The number of aromatic hydroxyl groups is 1. The van der Waals surface area contributed by atoms with E-state index < -0.39 is 17.4 Å². The fraction of sp³-hybridized carbons (Fsp3) is 0.211. The van der Waals surface area contributed by atoms with E-state index in [-0.39, 0.29) is 22.1 Å². The number of hydrogen-bond acceptors (Lipinski definition) is 5. The summed E-state index contributed by atoms with van der Waals surface area (Å²) in [6, 6.07) is 7.87. The van der Waals surface area contributed by atoms with Gasteiger partial charge >= 0.3 is 0 Å². The van der Waals surface area contributed by atoms with Crippen LogP contribution >= 0.6 is 11.6 Å². The molecule has 134 valence electrons. The number of phenolic OH excluding ortho intramolecular Hbond substituents is 1. The van der Waals surface area contributed by atoms with Gasteiger partial charge in [-0.15, -0.1) is 0 Å². The van der Waals surface area contributed by atoms with Gasteiger partial charge in [0.2, 0.25) is 11.7 Å². The molecule has 1 aliphatic rings. The maximum Gasteiger partial charge on any atom is 0.227 e. The number of ether oxygens (including phenoxy) is 1. The third-order valence-corrected chi connectivity index (χ3v) is 4.73. The van der Waals surface area contributed by atoms with Crippen LogP contribution in [0, 0.1) is 5.41 Å². The fourth-order valence-corrected chi connectivity index (χ4v) is 2.85. The molecule has 1 aliphatic heterocycles. The van der Waals surface area contributed by atoms with Gasteiger partial charge in [-0.2, -0.15) is 0 Å². The predicted molar refractivity (Wildman–Crippen MR) is 97.0 cm³/mol. The molecule has 3 N–H and O–H groups in total. The highest BCUT2D eigenvalue weighted by Gasteiger charge is 2.48. The Morgan fingerprint density at radius 3 is 2.46 bits per heavy atom. The molecule has 1 aromatic heterocycles. The highest BCUT2D eigenvalue weighted by atomic mass is 35.5. The summed E-state index contributed by atoms with van der Waals surface area (Å²) >= 11 is 5.87. The van der Waals surface area contributed by atoms with Crippen LogP contribution in [0.2, 0.25) is 5.02 Å². The van der Waals surface area contributed by atoms with Crippen LogP contribution in [0.15, 0.2) is 42.7 Å². The van der Waals surface area contributed by atoms with Crippen LogP contribution in [0.5, 0.6) is 5.75 Å². The summed E-state index contributed by atoms with van der Waals surface area (Å²) in [5.41, 5.74) is 5.57. The van der Waals surface area contributed by atoms with Gasteiger partial charge < -0.3 is 15.6 Å². The Balaban J connectivity index is 2.18. The third kappa shape index (κ3) is 2.93. The Morgan fingerprint density at radius 2 is 1.88 bits per heavy atom. The lowest BCUT2D eigenvalue weighted by molar-refractivity contribution is -0.138. The second kappa shape index (κ2) is 6.46. The number of Topliss-reactive ketones (excluding diaryl/α,β-unsaturated/α-hetero) is 1. The Kier molecular flexibility index (Phi) is 4.46. The van der Waals surface area contributed by atoms with E-state index in [2.05, 4.69) is 4.98 Å². The van der Waals surface area contributed by atoms with Gasteiger partial charge in [-0.1, -0.05) is 17.7 Å². The average Bonchev–Trinajstić information content (AvgIpc) is 2.96.